The summed E-state index contributed by atoms with van der Waals surface area (Å²) in [4.78, 5) is 12.2. The summed E-state index contributed by atoms with van der Waals surface area (Å²) in [5, 5.41) is 6.19. The Morgan fingerprint density at radius 1 is 1.24 bits per heavy atom. The minimum absolute atomic E-state index is 0. The van der Waals surface area contributed by atoms with E-state index in [-0.39, 0.29) is 29.3 Å². The van der Waals surface area contributed by atoms with Gasteiger partial charge in [-0.05, 0) is 37.1 Å². The summed E-state index contributed by atoms with van der Waals surface area (Å²) in [7, 11) is -3.43. The molecule has 1 aromatic rings. The van der Waals surface area contributed by atoms with Crippen molar-refractivity contribution in [1.29, 1.82) is 0 Å². The van der Waals surface area contributed by atoms with Gasteiger partial charge in [0.25, 0.3) is 0 Å². The van der Waals surface area contributed by atoms with Gasteiger partial charge >= 0.3 is 0 Å². The van der Waals surface area contributed by atoms with Gasteiger partial charge in [0.15, 0.2) is 0 Å². The number of nitrogens with zero attached hydrogens (tertiary/aromatic N) is 1. The average molecular weight is 390 g/mol. The van der Waals surface area contributed by atoms with E-state index in [9.17, 15) is 13.2 Å². The maximum atomic E-state index is 12.4. The Bertz CT molecular complexity index is 640. The highest BCUT2D eigenvalue weighted by Gasteiger charge is 2.21. The molecule has 0 spiro atoms. The summed E-state index contributed by atoms with van der Waals surface area (Å²) in [5.74, 6) is 0.0224. The Kier molecular flexibility index (Phi) is 8.85. The first kappa shape index (κ1) is 21.9. The topological polar surface area (TPSA) is 78.5 Å². The van der Waals surface area contributed by atoms with Crippen molar-refractivity contribution < 1.29 is 13.2 Å². The minimum Gasteiger partial charge on any atom is -0.352 e. The van der Waals surface area contributed by atoms with Crippen molar-refractivity contribution in [2.75, 3.05) is 19.6 Å². The van der Waals surface area contributed by atoms with Crippen LogP contribution in [0.25, 0.3) is 0 Å². The molecule has 142 valence electrons. The molecule has 1 aliphatic heterocycles. The Labute approximate surface area is 156 Å². The lowest BCUT2D eigenvalue weighted by atomic mass is 10.1. The van der Waals surface area contributed by atoms with Crippen LogP contribution in [0.4, 0.5) is 0 Å². The fraction of sp³-hybridized carbons (Fsp3) is 0.588. The van der Waals surface area contributed by atoms with E-state index >= 15 is 0 Å². The molecule has 8 heteroatoms. The van der Waals surface area contributed by atoms with E-state index in [1.54, 1.807) is 24.3 Å². The molecule has 1 heterocycles. The van der Waals surface area contributed by atoms with E-state index in [1.165, 1.54) is 4.31 Å². The first-order valence-electron chi connectivity index (χ1n) is 8.56. The number of benzene rings is 1. The Morgan fingerprint density at radius 2 is 1.88 bits per heavy atom. The molecule has 1 atom stereocenters. The normalized spacial score (nSPS) is 17.3. The molecule has 2 rings (SSSR count). The van der Waals surface area contributed by atoms with Gasteiger partial charge in [-0.15, -0.1) is 12.4 Å². The zero-order chi connectivity index (χ0) is 17.6. The van der Waals surface area contributed by atoms with Crippen LogP contribution in [0.3, 0.4) is 0 Å². The first-order chi connectivity index (χ1) is 11.5. The van der Waals surface area contributed by atoms with Crippen molar-refractivity contribution in [2.45, 2.75) is 50.6 Å². The summed E-state index contributed by atoms with van der Waals surface area (Å²) < 4.78 is 26.3. The van der Waals surface area contributed by atoms with Crippen LogP contribution in [0.5, 0.6) is 0 Å². The third kappa shape index (κ3) is 5.95. The van der Waals surface area contributed by atoms with Crippen LogP contribution in [-0.2, 0) is 21.4 Å². The summed E-state index contributed by atoms with van der Waals surface area (Å²) >= 11 is 0. The molecule has 25 heavy (non-hydrogen) atoms. The molecule has 0 bridgehead atoms. The second-order valence-electron chi connectivity index (χ2n) is 6.01. The van der Waals surface area contributed by atoms with Crippen molar-refractivity contribution in [1.82, 2.24) is 14.9 Å². The van der Waals surface area contributed by atoms with Gasteiger partial charge in [-0.25, -0.2) is 8.42 Å². The van der Waals surface area contributed by atoms with Crippen LogP contribution in [0.1, 0.15) is 38.7 Å². The van der Waals surface area contributed by atoms with Crippen molar-refractivity contribution in [3.05, 3.63) is 29.8 Å². The van der Waals surface area contributed by atoms with Crippen LogP contribution in [0.15, 0.2) is 29.2 Å². The molecule has 0 aliphatic carbocycles. The molecular weight excluding hydrogens is 362 g/mol. The van der Waals surface area contributed by atoms with Crippen LogP contribution >= 0.6 is 12.4 Å². The number of nitrogens with one attached hydrogen (secondary N) is 2. The predicted molar refractivity (Wildman–Crippen MR) is 101 cm³/mol. The molecule has 6 nitrogen and oxygen atoms in total. The number of rotatable bonds is 8. The lowest BCUT2D eigenvalue weighted by Crippen LogP contribution is -2.31. The Morgan fingerprint density at radius 3 is 2.40 bits per heavy atom. The number of carbonyl (C=O) groups is 1. The van der Waals surface area contributed by atoms with Gasteiger partial charge < -0.3 is 10.6 Å². The minimum atomic E-state index is -3.43. The number of sulfonamides is 1. The van der Waals surface area contributed by atoms with E-state index in [0.29, 0.717) is 26.1 Å². The quantitative estimate of drug-likeness (QED) is 0.711. The summed E-state index contributed by atoms with van der Waals surface area (Å²) in [6.07, 6.45) is 2.67. The summed E-state index contributed by atoms with van der Waals surface area (Å²) in [6, 6.07) is 7.00. The second kappa shape index (κ2) is 10.1. The maximum absolute atomic E-state index is 12.4. The van der Waals surface area contributed by atoms with Gasteiger partial charge in [0.1, 0.15) is 0 Å². The molecule has 2 N–H and O–H groups in total. The Balaban J connectivity index is 0.00000312. The van der Waals surface area contributed by atoms with Crippen molar-refractivity contribution in [3.63, 3.8) is 0 Å². The number of hydrogen-bond donors (Lipinski definition) is 2. The monoisotopic (exact) mass is 389 g/mol. The van der Waals surface area contributed by atoms with E-state index < -0.39 is 10.0 Å². The average Bonchev–Trinajstić information content (AvgIpc) is 3.07. The number of hydrogen-bond acceptors (Lipinski definition) is 4. The summed E-state index contributed by atoms with van der Waals surface area (Å²) in [6.45, 7) is 5.95. The molecule has 0 radical (unpaired) electrons. The molecule has 1 aromatic carbocycles. The zero-order valence-electron chi connectivity index (χ0n) is 14.8. The van der Waals surface area contributed by atoms with Crippen molar-refractivity contribution in [3.8, 4) is 0 Å². The van der Waals surface area contributed by atoms with Gasteiger partial charge in [0, 0.05) is 32.1 Å². The van der Waals surface area contributed by atoms with Gasteiger partial charge in [0.05, 0.1) is 4.90 Å². The van der Waals surface area contributed by atoms with Gasteiger partial charge in [-0.2, -0.15) is 4.31 Å². The van der Waals surface area contributed by atoms with Crippen molar-refractivity contribution >= 4 is 28.3 Å². The highest BCUT2D eigenvalue weighted by atomic mass is 35.5. The third-order valence-electron chi connectivity index (χ3n) is 4.35. The lowest BCUT2D eigenvalue weighted by molar-refractivity contribution is -0.121. The van der Waals surface area contributed by atoms with E-state index in [2.05, 4.69) is 10.6 Å². The van der Waals surface area contributed by atoms with E-state index in [4.69, 9.17) is 0 Å². The maximum Gasteiger partial charge on any atom is 0.243 e. The van der Waals surface area contributed by atoms with Crippen LogP contribution in [0.2, 0.25) is 0 Å². The fourth-order valence-electron chi connectivity index (χ4n) is 2.92. The second-order valence-corrected chi connectivity index (χ2v) is 7.95. The molecule has 1 amide bonds. The van der Waals surface area contributed by atoms with E-state index in [1.807, 2.05) is 13.8 Å². The smallest absolute Gasteiger partial charge is 0.243 e. The molecule has 0 aromatic heterocycles. The number of amides is 1. The van der Waals surface area contributed by atoms with Gasteiger partial charge in [-0.1, -0.05) is 26.0 Å². The number of halogens is 1. The third-order valence-corrected chi connectivity index (χ3v) is 6.41. The molecule has 1 saturated heterocycles. The largest absolute Gasteiger partial charge is 0.352 e. The first-order valence-corrected chi connectivity index (χ1v) is 10.0. The SMILES string of the molecule is CCN(CC)S(=O)(=O)c1ccc(CNC(=O)CC2CCCN2)cc1.Cl. The fourth-order valence-corrected chi connectivity index (χ4v) is 4.38. The van der Waals surface area contributed by atoms with E-state index in [0.717, 1.165) is 24.9 Å². The lowest BCUT2D eigenvalue weighted by Gasteiger charge is -2.18. The molecular formula is C17H28ClN3O3S. The van der Waals surface area contributed by atoms with Crippen LogP contribution < -0.4 is 10.6 Å². The Hall–Kier alpha value is -1.15. The highest BCUT2D eigenvalue weighted by molar-refractivity contribution is 7.89. The molecule has 1 unspecified atom stereocenters. The predicted octanol–water partition coefficient (Wildman–Crippen LogP) is 1.90. The van der Waals surface area contributed by atoms with Gasteiger partial charge in [-0.3, -0.25) is 4.79 Å². The van der Waals surface area contributed by atoms with Crippen molar-refractivity contribution in [2.24, 2.45) is 0 Å². The number of carbonyl (C=O) groups excluding carboxylic acids is 1. The summed E-state index contributed by atoms with van der Waals surface area (Å²) in [5.41, 5.74) is 0.890. The van der Waals surface area contributed by atoms with Crippen LogP contribution in [-0.4, -0.2) is 44.3 Å². The molecule has 1 fully saturated rings. The van der Waals surface area contributed by atoms with Crippen LogP contribution in [0, 0.1) is 0 Å². The highest BCUT2D eigenvalue weighted by Crippen LogP contribution is 2.16. The standard InChI is InChI=1S/C17H27N3O3S.ClH/c1-3-20(4-2)24(22,23)16-9-7-14(8-10-16)13-19-17(21)12-15-6-5-11-18-15;/h7-10,15,18H,3-6,11-13H2,1-2H3,(H,19,21);1H. The molecule has 0 saturated carbocycles. The van der Waals surface area contributed by atoms with Gasteiger partial charge in [0.2, 0.25) is 15.9 Å². The molecule has 1 aliphatic rings. The zero-order valence-corrected chi connectivity index (χ0v) is 16.5.